The lowest BCUT2D eigenvalue weighted by molar-refractivity contribution is -0.119. The second kappa shape index (κ2) is 6.63. The summed E-state index contributed by atoms with van der Waals surface area (Å²) in [5.74, 6) is -1.99. The maximum Gasteiger partial charge on any atom is 0.267 e. The van der Waals surface area contributed by atoms with Crippen molar-refractivity contribution >= 4 is 11.6 Å². The zero-order valence-electron chi connectivity index (χ0n) is 13.1. The standard InChI is InChI=1S/C16H13F2N5O2/c1-10(16(25)20-13-4-3-11(17)9-12(13)18)23-15(24)6-5-14(21-23)22-8-2-7-19-22/h2-10H,1H3,(H,20,25). The summed E-state index contributed by atoms with van der Waals surface area (Å²) >= 11 is 0. The van der Waals surface area contributed by atoms with Gasteiger partial charge in [-0.2, -0.15) is 5.10 Å². The summed E-state index contributed by atoms with van der Waals surface area (Å²) in [7, 11) is 0. The number of rotatable bonds is 4. The minimum absolute atomic E-state index is 0.186. The molecule has 0 aliphatic carbocycles. The summed E-state index contributed by atoms with van der Waals surface area (Å²) in [5, 5.41) is 10.4. The van der Waals surface area contributed by atoms with Crippen LogP contribution in [0.25, 0.3) is 5.82 Å². The van der Waals surface area contributed by atoms with Crippen LogP contribution in [0.5, 0.6) is 0 Å². The second-order valence-corrected chi connectivity index (χ2v) is 5.21. The Morgan fingerprint density at radius 3 is 2.72 bits per heavy atom. The first-order valence-corrected chi connectivity index (χ1v) is 7.31. The summed E-state index contributed by atoms with van der Waals surface area (Å²) < 4.78 is 29.0. The quantitative estimate of drug-likeness (QED) is 0.783. The fourth-order valence-corrected chi connectivity index (χ4v) is 2.16. The van der Waals surface area contributed by atoms with E-state index in [0.29, 0.717) is 11.9 Å². The molecular weight excluding hydrogens is 332 g/mol. The van der Waals surface area contributed by atoms with Gasteiger partial charge in [-0.25, -0.2) is 18.1 Å². The van der Waals surface area contributed by atoms with Crippen molar-refractivity contribution in [2.45, 2.75) is 13.0 Å². The molecule has 1 unspecified atom stereocenters. The summed E-state index contributed by atoms with van der Waals surface area (Å²) in [6.07, 6.45) is 3.18. The van der Waals surface area contributed by atoms with Gasteiger partial charge in [0, 0.05) is 24.5 Å². The third kappa shape index (κ3) is 3.44. The molecule has 0 radical (unpaired) electrons. The van der Waals surface area contributed by atoms with Gasteiger partial charge in [-0.1, -0.05) is 0 Å². The summed E-state index contributed by atoms with van der Waals surface area (Å²) in [6.45, 7) is 1.44. The normalized spacial score (nSPS) is 12.0. The van der Waals surface area contributed by atoms with Crippen LogP contribution in [0.1, 0.15) is 13.0 Å². The van der Waals surface area contributed by atoms with Gasteiger partial charge in [0.1, 0.15) is 17.7 Å². The molecule has 1 N–H and O–H groups in total. The number of carbonyl (C=O) groups excluding carboxylic acids is 1. The molecule has 7 nitrogen and oxygen atoms in total. The number of nitrogens with one attached hydrogen (secondary N) is 1. The molecule has 9 heteroatoms. The van der Waals surface area contributed by atoms with E-state index in [4.69, 9.17) is 0 Å². The molecule has 0 aliphatic rings. The molecule has 0 aliphatic heterocycles. The first-order chi connectivity index (χ1) is 12.0. The molecule has 2 aromatic heterocycles. The van der Waals surface area contributed by atoms with Crippen LogP contribution in [0, 0.1) is 11.6 Å². The third-order valence-electron chi connectivity index (χ3n) is 3.49. The van der Waals surface area contributed by atoms with Gasteiger partial charge in [0.15, 0.2) is 5.82 Å². The Hall–Kier alpha value is -3.36. The number of benzene rings is 1. The Balaban J connectivity index is 1.87. The van der Waals surface area contributed by atoms with E-state index >= 15 is 0 Å². The molecule has 0 spiro atoms. The van der Waals surface area contributed by atoms with E-state index in [1.165, 1.54) is 23.7 Å². The first kappa shape index (κ1) is 16.5. The van der Waals surface area contributed by atoms with Gasteiger partial charge in [0.2, 0.25) is 5.91 Å². The predicted molar refractivity (Wildman–Crippen MR) is 85.3 cm³/mol. The maximum absolute atomic E-state index is 13.7. The van der Waals surface area contributed by atoms with Gasteiger partial charge in [0.25, 0.3) is 5.56 Å². The van der Waals surface area contributed by atoms with E-state index in [2.05, 4.69) is 15.5 Å². The number of aromatic nitrogens is 4. The van der Waals surface area contributed by atoms with Crippen LogP contribution in [0.4, 0.5) is 14.5 Å². The van der Waals surface area contributed by atoms with Gasteiger partial charge >= 0.3 is 0 Å². The Bertz CT molecular complexity index is 969. The summed E-state index contributed by atoms with van der Waals surface area (Å²) in [4.78, 5) is 24.3. The van der Waals surface area contributed by atoms with Crippen LogP contribution in [0.2, 0.25) is 0 Å². The van der Waals surface area contributed by atoms with E-state index in [1.54, 1.807) is 18.5 Å². The highest BCUT2D eigenvalue weighted by Crippen LogP contribution is 2.16. The minimum atomic E-state index is -1.02. The van der Waals surface area contributed by atoms with Crippen LogP contribution >= 0.6 is 0 Å². The van der Waals surface area contributed by atoms with Crippen LogP contribution in [-0.2, 0) is 4.79 Å². The predicted octanol–water partition coefficient (Wildman–Crippen LogP) is 1.91. The minimum Gasteiger partial charge on any atom is -0.322 e. The average Bonchev–Trinajstić information content (AvgIpc) is 3.11. The van der Waals surface area contributed by atoms with Crippen molar-refractivity contribution in [3.05, 3.63) is 70.8 Å². The molecule has 1 aromatic carbocycles. The lowest BCUT2D eigenvalue weighted by Crippen LogP contribution is -2.33. The zero-order valence-corrected chi connectivity index (χ0v) is 13.1. The van der Waals surface area contributed by atoms with E-state index in [1.807, 2.05) is 0 Å². The molecule has 25 heavy (non-hydrogen) atoms. The molecule has 3 aromatic rings. The molecule has 1 amide bonds. The van der Waals surface area contributed by atoms with E-state index in [0.717, 1.165) is 16.8 Å². The van der Waals surface area contributed by atoms with Gasteiger partial charge in [0.05, 0.1) is 5.69 Å². The van der Waals surface area contributed by atoms with Crippen LogP contribution in [-0.4, -0.2) is 25.5 Å². The van der Waals surface area contributed by atoms with Crippen LogP contribution in [0.3, 0.4) is 0 Å². The molecule has 1 atom stereocenters. The fraction of sp³-hybridized carbons (Fsp3) is 0.125. The number of carbonyl (C=O) groups is 1. The van der Waals surface area contributed by atoms with E-state index in [-0.39, 0.29) is 5.69 Å². The number of hydrogen-bond donors (Lipinski definition) is 1. The topological polar surface area (TPSA) is 81.8 Å². The highest BCUT2D eigenvalue weighted by Gasteiger charge is 2.19. The number of nitrogens with zero attached hydrogens (tertiary/aromatic N) is 4. The molecule has 3 rings (SSSR count). The van der Waals surface area contributed by atoms with Gasteiger partial charge < -0.3 is 5.32 Å². The monoisotopic (exact) mass is 345 g/mol. The molecule has 0 bridgehead atoms. The fourth-order valence-electron chi connectivity index (χ4n) is 2.16. The molecule has 0 saturated heterocycles. The Kier molecular flexibility index (Phi) is 4.38. The summed E-state index contributed by atoms with van der Waals surface area (Å²) in [6, 6.07) is 6.17. The van der Waals surface area contributed by atoms with Crippen molar-refractivity contribution in [2.75, 3.05) is 5.32 Å². The number of halogens is 2. The molecule has 128 valence electrons. The van der Waals surface area contributed by atoms with Crippen LogP contribution in [0.15, 0.2) is 53.6 Å². The smallest absolute Gasteiger partial charge is 0.267 e. The Labute approximate surface area is 140 Å². The van der Waals surface area contributed by atoms with Gasteiger partial charge in [-0.15, -0.1) is 5.10 Å². The number of anilines is 1. The van der Waals surface area contributed by atoms with Crippen molar-refractivity contribution in [2.24, 2.45) is 0 Å². The molecular formula is C16H13F2N5O2. The summed E-state index contributed by atoms with van der Waals surface area (Å²) in [5.41, 5.74) is -0.687. The van der Waals surface area contributed by atoms with Crippen molar-refractivity contribution < 1.29 is 13.6 Å². The highest BCUT2D eigenvalue weighted by molar-refractivity contribution is 5.93. The number of hydrogen-bond acceptors (Lipinski definition) is 4. The average molecular weight is 345 g/mol. The largest absolute Gasteiger partial charge is 0.322 e. The maximum atomic E-state index is 13.7. The van der Waals surface area contributed by atoms with Gasteiger partial charge in [-0.05, 0) is 31.2 Å². The van der Waals surface area contributed by atoms with E-state index in [9.17, 15) is 18.4 Å². The lowest BCUT2D eigenvalue weighted by Gasteiger charge is -2.15. The van der Waals surface area contributed by atoms with Crippen LogP contribution < -0.4 is 10.9 Å². The van der Waals surface area contributed by atoms with Crippen molar-refractivity contribution in [1.29, 1.82) is 0 Å². The van der Waals surface area contributed by atoms with Crippen molar-refractivity contribution in [1.82, 2.24) is 19.6 Å². The lowest BCUT2D eigenvalue weighted by atomic mass is 10.2. The molecule has 0 fully saturated rings. The van der Waals surface area contributed by atoms with Gasteiger partial charge in [-0.3, -0.25) is 9.59 Å². The third-order valence-corrected chi connectivity index (χ3v) is 3.49. The Morgan fingerprint density at radius 1 is 1.24 bits per heavy atom. The van der Waals surface area contributed by atoms with E-state index < -0.39 is 29.1 Å². The molecule has 0 saturated carbocycles. The Morgan fingerprint density at radius 2 is 2.04 bits per heavy atom. The zero-order chi connectivity index (χ0) is 18.0. The van der Waals surface area contributed by atoms with Crippen molar-refractivity contribution in [3.63, 3.8) is 0 Å². The molecule has 2 heterocycles. The first-order valence-electron chi connectivity index (χ1n) is 7.31. The SMILES string of the molecule is CC(C(=O)Nc1ccc(F)cc1F)n1nc(-n2cccn2)ccc1=O. The van der Waals surface area contributed by atoms with Crippen molar-refractivity contribution in [3.8, 4) is 5.82 Å². The second-order valence-electron chi connectivity index (χ2n) is 5.21. The number of amides is 1. The highest BCUT2D eigenvalue weighted by atomic mass is 19.1.